The van der Waals surface area contributed by atoms with Crippen molar-refractivity contribution in [2.45, 2.75) is 0 Å². The largest absolute Gasteiger partial charge is 0.478 e. The summed E-state index contributed by atoms with van der Waals surface area (Å²) >= 11 is 0. The van der Waals surface area contributed by atoms with E-state index in [2.05, 4.69) is 0 Å². The minimum absolute atomic E-state index is 0.0880. The fourth-order valence-electron chi connectivity index (χ4n) is 0.885. The van der Waals surface area contributed by atoms with Gasteiger partial charge in [0.05, 0.1) is 5.92 Å². The third-order valence-corrected chi connectivity index (χ3v) is 1.46. The Kier molecular flexibility index (Phi) is 2.58. The Balaban J connectivity index is 2.65. The van der Waals surface area contributed by atoms with Crippen molar-refractivity contribution in [3.05, 3.63) is 36.5 Å². The molecule has 0 aromatic carbocycles. The molecule has 1 rings (SSSR count). The molecule has 0 bridgehead atoms. The Morgan fingerprint density at radius 1 is 1.50 bits per heavy atom. The van der Waals surface area contributed by atoms with Gasteiger partial charge in [-0.3, -0.25) is 4.79 Å². The zero-order chi connectivity index (χ0) is 8.97. The smallest absolute Gasteiger partial charge is 0.328 e. The Bertz CT molecular complexity index is 284. The molecule has 0 aliphatic heterocycles. The van der Waals surface area contributed by atoms with Gasteiger partial charge < -0.3 is 5.11 Å². The lowest BCUT2D eigenvalue weighted by Crippen LogP contribution is -2.08. The molecule has 1 aliphatic carbocycles. The van der Waals surface area contributed by atoms with Crippen molar-refractivity contribution in [3.8, 4) is 0 Å². The van der Waals surface area contributed by atoms with Crippen LogP contribution in [0.5, 0.6) is 0 Å². The van der Waals surface area contributed by atoms with E-state index in [1.807, 2.05) is 0 Å². The standard InChI is InChI=1S/C9H8O3/c10-8-4-2-1-3-7(8)5-6-9(11)12/h1-7H,(H,11,12)/b6-5-. The van der Waals surface area contributed by atoms with Gasteiger partial charge in [0.25, 0.3) is 0 Å². The molecule has 0 heterocycles. The van der Waals surface area contributed by atoms with Crippen molar-refractivity contribution in [3.63, 3.8) is 0 Å². The summed E-state index contributed by atoms with van der Waals surface area (Å²) in [5.74, 6) is -1.54. The molecule has 3 heteroatoms. The van der Waals surface area contributed by atoms with E-state index < -0.39 is 11.9 Å². The monoisotopic (exact) mass is 164 g/mol. The van der Waals surface area contributed by atoms with Gasteiger partial charge in [0, 0.05) is 6.08 Å². The number of carbonyl (C=O) groups is 2. The van der Waals surface area contributed by atoms with Crippen LogP contribution in [-0.4, -0.2) is 16.9 Å². The van der Waals surface area contributed by atoms with Gasteiger partial charge in [0.1, 0.15) is 0 Å². The van der Waals surface area contributed by atoms with E-state index in [1.54, 1.807) is 18.2 Å². The first-order chi connectivity index (χ1) is 5.70. The van der Waals surface area contributed by atoms with Gasteiger partial charge >= 0.3 is 5.97 Å². The van der Waals surface area contributed by atoms with Crippen LogP contribution >= 0.6 is 0 Å². The Labute approximate surface area is 69.7 Å². The van der Waals surface area contributed by atoms with Crippen molar-refractivity contribution in [2.75, 3.05) is 0 Å². The SMILES string of the molecule is O=C(O)/C=C\C1C=CC=CC1=O. The van der Waals surface area contributed by atoms with Crippen molar-refractivity contribution in [1.29, 1.82) is 0 Å². The highest BCUT2D eigenvalue weighted by Crippen LogP contribution is 2.08. The Morgan fingerprint density at radius 3 is 2.83 bits per heavy atom. The highest BCUT2D eigenvalue weighted by molar-refractivity contribution is 5.96. The number of aliphatic carboxylic acids is 1. The average Bonchev–Trinajstić information content (AvgIpc) is 2.03. The molecule has 0 spiro atoms. The average molecular weight is 164 g/mol. The van der Waals surface area contributed by atoms with Crippen LogP contribution < -0.4 is 0 Å². The topological polar surface area (TPSA) is 54.4 Å². The highest BCUT2D eigenvalue weighted by atomic mass is 16.4. The molecule has 1 unspecified atom stereocenters. The van der Waals surface area contributed by atoms with Crippen LogP contribution in [0.1, 0.15) is 0 Å². The van der Waals surface area contributed by atoms with Crippen LogP contribution in [0.25, 0.3) is 0 Å². The first kappa shape index (κ1) is 8.46. The van der Waals surface area contributed by atoms with E-state index >= 15 is 0 Å². The second kappa shape index (κ2) is 3.67. The molecule has 3 nitrogen and oxygen atoms in total. The summed E-state index contributed by atoms with van der Waals surface area (Å²) in [6, 6.07) is 0. The molecular weight excluding hydrogens is 156 g/mol. The van der Waals surface area contributed by atoms with E-state index in [-0.39, 0.29) is 5.78 Å². The summed E-state index contributed by atoms with van der Waals surface area (Å²) in [4.78, 5) is 21.1. The van der Waals surface area contributed by atoms with Gasteiger partial charge in [-0.2, -0.15) is 0 Å². The molecule has 1 atom stereocenters. The van der Waals surface area contributed by atoms with E-state index in [9.17, 15) is 9.59 Å². The second-order valence-corrected chi connectivity index (χ2v) is 2.37. The number of allylic oxidation sites excluding steroid dienone is 5. The quantitative estimate of drug-likeness (QED) is 0.618. The van der Waals surface area contributed by atoms with Gasteiger partial charge in [-0.25, -0.2) is 4.79 Å². The van der Waals surface area contributed by atoms with Crippen molar-refractivity contribution < 1.29 is 14.7 Å². The van der Waals surface area contributed by atoms with E-state index in [4.69, 9.17) is 5.11 Å². The van der Waals surface area contributed by atoms with Gasteiger partial charge in [-0.05, 0) is 6.08 Å². The molecule has 0 amide bonds. The summed E-state index contributed by atoms with van der Waals surface area (Å²) < 4.78 is 0. The van der Waals surface area contributed by atoms with Crippen molar-refractivity contribution in [2.24, 2.45) is 5.92 Å². The fourth-order valence-corrected chi connectivity index (χ4v) is 0.885. The number of hydrogen-bond acceptors (Lipinski definition) is 2. The maximum absolute atomic E-state index is 11.0. The summed E-state index contributed by atoms with van der Waals surface area (Å²) in [6.45, 7) is 0. The van der Waals surface area contributed by atoms with Gasteiger partial charge in [-0.15, -0.1) is 0 Å². The normalized spacial score (nSPS) is 22.0. The molecule has 1 N–H and O–H groups in total. The molecule has 1 aliphatic rings. The minimum atomic E-state index is -1.04. The van der Waals surface area contributed by atoms with Crippen LogP contribution in [0.4, 0.5) is 0 Å². The van der Waals surface area contributed by atoms with Crippen molar-refractivity contribution >= 4 is 11.8 Å². The zero-order valence-corrected chi connectivity index (χ0v) is 6.31. The van der Waals surface area contributed by atoms with E-state index in [0.29, 0.717) is 0 Å². The molecule has 0 aromatic heterocycles. The first-order valence-corrected chi connectivity index (χ1v) is 3.50. The number of hydrogen-bond donors (Lipinski definition) is 1. The second-order valence-electron chi connectivity index (χ2n) is 2.37. The lowest BCUT2D eigenvalue weighted by Gasteiger charge is -2.04. The molecular formula is C9H8O3. The zero-order valence-electron chi connectivity index (χ0n) is 6.31. The van der Waals surface area contributed by atoms with Crippen molar-refractivity contribution in [1.82, 2.24) is 0 Å². The van der Waals surface area contributed by atoms with Gasteiger partial charge in [0.15, 0.2) is 5.78 Å². The third-order valence-electron chi connectivity index (χ3n) is 1.46. The molecule has 0 fully saturated rings. The first-order valence-electron chi connectivity index (χ1n) is 3.50. The number of carbonyl (C=O) groups excluding carboxylic acids is 1. The number of carboxylic acid groups (broad SMARTS) is 1. The number of rotatable bonds is 2. The maximum Gasteiger partial charge on any atom is 0.328 e. The van der Waals surface area contributed by atoms with Crippen LogP contribution in [0.2, 0.25) is 0 Å². The number of carboxylic acids is 1. The number of ketones is 1. The lowest BCUT2D eigenvalue weighted by atomic mass is 9.99. The highest BCUT2D eigenvalue weighted by Gasteiger charge is 2.10. The maximum atomic E-state index is 11.0. The van der Waals surface area contributed by atoms with Crippen LogP contribution in [0.15, 0.2) is 36.5 Å². The Morgan fingerprint density at radius 2 is 2.25 bits per heavy atom. The minimum Gasteiger partial charge on any atom is -0.478 e. The van der Waals surface area contributed by atoms with Crippen LogP contribution in [0, 0.1) is 5.92 Å². The molecule has 62 valence electrons. The summed E-state index contributed by atoms with van der Waals surface area (Å²) in [7, 11) is 0. The Hall–Kier alpha value is -1.64. The molecule has 0 aromatic rings. The summed E-state index contributed by atoms with van der Waals surface area (Å²) in [6.07, 6.45) is 8.78. The van der Waals surface area contributed by atoms with Gasteiger partial charge in [0.2, 0.25) is 0 Å². The third kappa shape index (κ3) is 2.20. The molecule has 12 heavy (non-hydrogen) atoms. The van der Waals surface area contributed by atoms with Crippen LogP contribution in [0.3, 0.4) is 0 Å². The molecule has 0 saturated carbocycles. The summed E-state index contributed by atoms with van der Waals surface area (Å²) in [5, 5.41) is 8.29. The van der Waals surface area contributed by atoms with E-state index in [0.717, 1.165) is 6.08 Å². The predicted molar refractivity (Wildman–Crippen MR) is 43.6 cm³/mol. The van der Waals surface area contributed by atoms with Gasteiger partial charge in [-0.1, -0.05) is 24.3 Å². The summed E-state index contributed by atoms with van der Waals surface area (Å²) in [5.41, 5.74) is 0. The molecule has 0 radical (unpaired) electrons. The fraction of sp³-hybridized carbons (Fsp3) is 0.111. The van der Waals surface area contributed by atoms with Crippen LogP contribution in [-0.2, 0) is 9.59 Å². The molecule has 0 saturated heterocycles. The van der Waals surface area contributed by atoms with E-state index in [1.165, 1.54) is 12.2 Å². The predicted octanol–water partition coefficient (Wildman–Crippen LogP) is 0.939. The lowest BCUT2D eigenvalue weighted by molar-refractivity contribution is -0.131.